The van der Waals surface area contributed by atoms with Gasteiger partial charge in [0.25, 0.3) is 0 Å². The Morgan fingerprint density at radius 3 is 1.93 bits per heavy atom. The van der Waals surface area contributed by atoms with Crippen LogP contribution < -0.4 is 0 Å². The van der Waals surface area contributed by atoms with Crippen molar-refractivity contribution in [2.45, 2.75) is 83.2 Å². The molecule has 0 amide bonds. The number of halogens is 4. The van der Waals surface area contributed by atoms with E-state index < -0.39 is 17.9 Å². The van der Waals surface area contributed by atoms with E-state index in [-0.39, 0.29) is 6.08 Å². The monoisotopic (exact) mass is 396 g/mol. The molecule has 1 aromatic rings. The van der Waals surface area contributed by atoms with Gasteiger partial charge in [-0.3, -0.25) is 0 Å². The van der Waals surface area contributed by atoms with Gasteiger partial charge in [-0.2, -0.15) is 13.2 Å². The number of benzene rings is 1. The van der Waals surface area contributed by atoms with Crippen LogP contribution in [0.2, 0.25) is 0 Å². The summed E-state index contributed by atoms with van der Waals surface area (Å²) in [6.07, 6.45) is 5.23. The van der Waals surface area contributed by atoms with E-state index in [1.54, 1.807) is 0 Å². The number of aryl methyl sites for hydroxylation is 1. The van der Waals surface area contributed by atoms with Crippen molar-refractivity contribution in [3.63, 3.8) is 0 Å². The maximum Gasteiger partial charge on any atom is 0.412 e. The zero-order valence-electron chi connectivity index (χ0n) is 16.8. The minimum absolute atomic E-state index is 0.144. The highest BCUT2D eigenvalue weighted by Gasteiger charge is 2.34. The molecule has 2 saturated carbocycles. The second kappa shape index (κ2) is 9.45. The lowest BCUT2D eigenvalue weighted by Gasteiger charge is -2.37. The maximum absolute atomic E-state index is 13.8. The van der Waals surface area contributed by atoms with E-state index in [9.17, 15) is 17.6 Å². The van der Waals surface area contributed by atoms with Gasteiger partial charge in [0, 0.05) is 5.92 Å². The minimum Gasteiger partial charge on any atom is -0.212 e. The summed E-state index contributed by atoms with van der Waals surface area (Å²) in [6.45, 7) is 2.20. The van der Waals surface area contributed by atoms with Gasteiger partial charge in [-0.25, -0.2) is 4.39 Å². The van der Waals surface area contributed by atoms with Crippen LogP contribution in [0.1, 0.15) is 81.8 Å². The molecule has 0 saturated heterocycles. The molecule has 4 heteroatoms. The lowest BCUT2D eigenvalue weighted by molar-refractivity contribution is -0.0821. The van der Waals surface area contributed by atoms with Crippen LogP contribution in [0.4, 0.5) is 17.6 Å². The van der Waals surface area contributed by atoms with Crippen LogP contribution in [0.15, 0.2) is 36.2 Å². The summed E-state index contributed by atoms with van der Waals surface area (Å²) in [6, 6.07) is 9.10. The molecule has 2 aliphatic rings. The molecule has 28 heavy (non-hydrogen) atoms. The van der Waals surface area contributed by atoms with Crippen LogP contribution in [0.3, 0.4) is 0 Å². The Labute approximate surface area is 166 Å². The summed E-state index contributed by atoms with van der Waals surface area (Å²) >= 11 is 0. The highest BCUT2D eigenvalue weighted by Crippen LogP contribution is 2.45. The molecular weight excluding hydrogens is 364 g/mol. The Bertz CT molecular complexity index is 628. The minimum atomic E-state index is -4.55. The van der Waals surface area contributed by atoms with Gasteiger partial charge in [0.05, 0.1) is 6.08 Å². The molecule has 0 bridgehead atoms. The van der Waals surface area contributed by atoms with Gasteiger partial charge in [0.1, 0.15) is 5.83 Å². The van der Waals surface area contributed by atoms with Gasteiger partial charge in [-0.05, 0) is 86.7 Å². The first-order valence-corrected chi connectivity index (χ1v) is 10.9. The fourth-order valence-corrected chi connectivity index (χ4v) is 5.31. The Kier molecular flexibility index (Phi) is 7.22. The first-order valence-electron chi connectivity index (χ1n) is 10.9. The number of hydrogen-bond donors (Lipinski definition) is 0. The van der Waals surface area contributed by atoms with Gasteiger partial charge in [-0.15, -0.1) is 0 Å². The number of allylic oxidation sites excluding steroid dienone is 2. The Morgan fingerprint density at radius 2 is 1.43 bits per heavy atom. The summed E-state index contributed by atoms with van der Waals surface area (Å²) in [5, 5.41) is 0. The van der Waals surface area contributed by atoms with Crippen molar-refractivity contribution >= 4 is 0 Å². The molecule has 2 fully saturated rings. The number of alkyl halides is 3. The molecular formula is C24H32F4. The summed E-state index contributed by atoms with van der Waals surface area (Å²) in [7, 11) is 0. The summed E-state index contributed by atoms with van der Waals surface area (Å²) < 4.78 is 50.9. The van der Waals surface area contributed by atoms with Gasteiger partial charge >= 0.3 is 6.18 Å². The molecule has 0 radical (unpaired) electrons. The maximum atomic E-state index is 13.8. The molecule has 2 aliphatic carbocycles. The highest BCUT2D eigenvalue weighted by molar-refractivity contribution is 5.26. The fraction of sp³-hybridized carbons (Fsp3) is 0.667. The summed E-state index contributed by atoms with van der Waals surface area (Å²) in [4.78, 5) is 0. The lowest BCUT2D eigenvalue weighted by atomic mass is 9.68. The second-order valence-electron chi connectivity index (χ2n) is 8.79. The topological polar surface area (TPSA) is 0 Å². The Balaban J connectivity index is 1.46. The SMILES string of the molecule is CCCc1ccc(C2CCC(C3CCC(C(F)=CC(F)(F)F)CC3)CC2)cc1. The predicted octanol–water partition coefficient (Wildman–Crippen LogP) is 8.14. The Hall–Kier alpha value is -1.32. The van der Waals surface area contributed by atoms with Crippen LogP contribution in [0.5, 0.6) is 0 Å². The van der Waals surface area contributed by atoms with Crippen LogP contribution in [-0.2, 0) is 6.42 Å². The Morgan fingerprint density at radius 1 is 0.893 bits per heavy atom. The quantitative estimate of drug-likeness (QED) is 0.441. The van der Waals surface area contributed by atoms with Crippen molar-refractivity contribution in [2.75, 3.05) is 0 Å². The van der Waals surface area contributed by atoms with Gasteiger partial charge in [0.15, 0.2) is 0 Å². The number of hydrogen-bond acceptors (Lipinski definition) is 0. The molecule has 1 aromatic carbocycles. The molecule has 156 valence electrons. The smallest absolute Gasteiger partial charge is 0.212 e. The molecule has 0 nitrogen and oxygen atoms in total. The molecule has 0 spiro atoms. The molecule has 0 atom stereocenters. The van der Waals surface area contributed by atoms with E-state index in [1.165, 1.54) is 43.2 Å². The van der Waals surface area contributed by atoms with Crippen molar-refractivity contribution in [3.8, 4) is 0 Å². The summed E-state index contributed by atoms with van der Waals surface area (Å²) in [5.74, 6) is 0.349. The predicted molar refractivity (Wildman–Crippen MR) is 106 cm³/mol. The molecule has 0 unspecified atom stereocenters. The summed E-state index contributed by atoms with van der Waals surface area (Å²) in [5.41, 5.74) is 2.85. The van der Waals surface area contributed by atoms with E-state index in [4.69, 9.17) is 0 Å². The first kappa shape index (κ1) is 21.4. The van der Waals surface area contributed by atoms with E-state index in [0.29, 0.717) is 30.6 Å². The lowest BCUT2D eigenvalue weighted by Crippen LogP contribution is -2.25. The molecule has 0 aromatic heterocycles. The first-order chi connectivity index (χ1) is 13.4. The van der Waals surface area contributed by atoms with Crippen LogP contribution >= 0.6 is 0 Å². The zero-order valence-corrected chi connectivity index (χ0v) is 16.8. The van der Waals surface area contributed by atoms with Crippen molar-refractivity contribution in [2.24, 2.45) is 17.8 Å². The standard InChI is InChI=1S/C24H32F4/c1-2-3-17-4-6-18(7-5-17)19-8-10-20(11-9-19)21-12-14-22(15-13-21)23(25)16-24(26,27)28/h4-7,16,19-22H,2-3,8-15H2,1H3. The third kappa shape index (κ3) is 5.84. The van der Waals surface area contributed by atoms with Crippen molar-refractivity contribution < 1.29 is 17.6 Å². The zero-order chi connectivity index (χ0) is 20.1. The third-order valence-corrected chi connectivity index (χ3v) is 6.89. The van der Waals surface area contributed by atoms with Crippen LogP contribution in [0, 0.1) is 17.8 Å². The fourth-order valence-electron chi connectivity index (χ4n) is 5.31. The van der Waals surface area contributed by atoms with Crippen molar-refractivity contribution in [1.82, 2.24) is 0 Å². The van der Waals surface area contributed by atoms with Crippen LogP contribution in [0.25, 0.3) is 0 Å². The molecule has 0 aliphatic heterocycles. The van der Waals surface area contributed by atoms with Gasteiger partial charge < -0.3 is 0 Å². The molecule has 3 rings (SSSR count). The van der Waals surface area contributed by atoms with E-state index in [2.05, 4.69) is 31.2 Å². The second-order valence-corrected chi connectivity index (χ2v) is 8.79. The van der Waals surface area contributed by atoms with Crippen LogP contribution in [-0.4, -0.2) is 6.18 Å². The van der Waals surface area contributed by atoms with E-state index in [1.807, 2.05) is 0 Å². The van der Waals surface area contributed by atoms with Gasteiger partial charge in [0.2, 0.25) is 0 Å². The highest BCUT2D eigenvalue weighted by atomic mass is 19.4. The van der Waals surface area contributed by atoms with E-state index >= 15 is 0 Å². The largest absolute Gasteiger partial charge is 0.412 e. The molecule has 0 heterocycles. The normalized spacial score (nSPS) is 29.7. The van der Waals surface area contributed by atoms with Crippen molar-refractivity contribution in [3.05, 3.63) is 47.3 Å². The molecule has 0 N–H and O–H groups in total. The average Bonchev–Trinajstić information content (AvgIpc) is 2.68. The third-order valence-electron chi connectivity index (χ3n) is 6.89. The van der Waals surface area contributed by atoms with Gasteiger partial charge in [-0.1, -0.05) is 37.6 Å². The van der Waals surface area contributed by atoms with E-state index in [0.717, 1.165) is 19.3 Å². The van der Waals surface area contributed by atoms with Crippen molar-refractivity contribution in [1.29, 1.82) is 0 Å². The average molecular weight is 397 g/mol. The number of rotatable bonds is 5.